The molecule has 0 radical (unpaired) electrons. The molecule has 2 N–H and O–H groups in total. The predicted molar refractivity (Wildman–Crippen MR) is 70.5 cm³/mol. The Bertz CT molecular complexity index is 355. The van der Waals surface area contributed by atoms with E-state index >= 15 is 0 Å². The summed E-state index contributed by atoms with van der Waals surface area (Å²) in [6.07, 6.45) is 8.98. The van der Waals surface area contributed by atoms with Gasteiger partial charge in [0.05, 0.1) is 5.70 Å². The quantitative estimate of drug-likeness (QED) is 0.417. The number of rotatable bonds is 1. The molecule has 1 aliphatic carbocycles. The van der Waals surface area contributed by atoms with Crippen molar-refractivity contribution >= 4 is 0 Å². The lowest BCUT2D eigenvalue weighted by Gasteiger charge is -2.29. The second-order valence-corrected chi connectivity index (χ2v) is 5.94. The van der Waals surface area contributed by atoms with E-state index in [1.54, 1.807) is 5.01 Å². The monoisotopic (exact) mass is 220 g/mol. The number of nitrogens with zero attached hydrogens (tertiary/aromatic N) is 1. The fourth-order valence-corrected chi connectivity index (χ4v) is 2.00. The van der Waals surface area contributed by atoms with Crippen LogP contribution in [0.15, 0.2) is 35.6 Å². The maximum Gasteiger partial charge on any atom is 0.0508 e. The first-order chi connectivity index (χ1) is 7.13. The molecule has 0 aromatic carbocycles. The van der Waals surface area contributed by atoms with Crippen LogP contribution >= 0.6 is 0 Å². The van der Waals surface area contributed by atoms with Gasteiger partial charge in [-0.1, -0.05) is 45.9 Å². The highest BCUT2D eigenvalue weighted by Crippen LogP contribution is 2.33. The van der Waals surface area contributed by atoms with E-state index in [-0.39, 0.29) is 10.8 Å². The van der Waals surface area contributed by atoms with E-state index in [2.05, 4.69) is 58.9 Å². The molecule has 0 heterocycles. The number of likely N-dealkylation sites (N-methyl/N-ethyl adjacent to an activating group) is 1. The molecular weight excluding hydrogens is 196 g/mol. The summed E-state index contributed by atoms with van der Waals surface area (Å²) in [6, 6.07) is 0. The van der Waals surface area contributed by atoms with Gasteiger partial charge in [-0.2, -0.15) is 0 Å². The largest absolute Gasteiger partial charge is 0.314 e. The Hall–Kier alpha value is -1.02. The highest BCUT2D eigenvalue weighted by Gasteiger charge is 2.21. The van der Waals surface area contributed by atoms with Gasteiger partial charge in [-0.3, -0.25) is 0 Å². The molecule has 0 amide bonds. The van der Waals surface area contributed by atoms with Gasteiger partial charge in [0.25, 0.3) is 0 Å². The van der Waals surface area contributed by atoms with Crippen LogP contribution in [0.5, 0.6) is 0 Å². The van der Waals surface area contributed by atoms with Gasteiger partial charge < -0.3 is 5.01 Å². The van der Waals surface area contributed by atoms with Crippen LogP contribution in [0.3, 0.4) is 0 Å². The van der Waals surface area contributed by atoms with Gasteiger partial charge in [0, 0.05) is 17.9 Å². The van der Waals surface area contributed by atoms with Gasteiger partial charge in [0.15, 0.2) is 0 Å². The second-order valence-electron chi connectivity index (χ2n) is 5.94. The fraction of sp³-hybridized carbons (Fsp3) is 0.571. The van der Waals surface area contributed by atoms with Gasteiger partial charge in [-0.05, 0) is 18.6 Å². The molecule has 0 atom stereocenters. The van der Waals surface area contributed by atoms with Crippen LogP contribution in [-0.4, -0.2) is 12.1 Å². The zero-order valence-corrected chi connectivity index (χ0v) is 11.3. The van der Waals surface area contributed by atoms with E-state index in [0.717, 1.165) is 5.70 Å². The summed E-state index contributed by atoms with van der Waals surface area (Å²) < 4.78 is 0. The van der Waals surface area contributed by atoms with E-state index in [1.165, 1.54) is 5.57 Å². The third-order valence-corrected chi connectivity index (χ3v) is 2.82. The molecular formula is C14H24N2. The lowest BCUT2D eigenvalue weighted by molar-refractivity contribution is 0.431. The second kappa shape index (κ2) is 4.10. The molecule has 0 aliphatic heterocycles. The molecule has 2 nitrogen and oxygen atoms in total. The van der Waals surface area contributed by atoms with E-state index in [9.17, 15) is 0 Å². The molecule has 1 rings (SSSR count). The molecule has 16 heavy (non-hydrogen) atoms. The number of allylic oxidation sites excluding steroid dienone is 5. The lowest BCUT2D eigenvalue weighted by atomic mass is 9.81. The maximum atomic E-state index is 5.89. The van der Waals surface area contributed by atoms with Crippen molar-refractivity contribution in [3.63, 3.8) is 0 Å². The molecule has 0 fully saturated rings. The maximum absolute atomic E-state index is 5.89. The SMILES string of the molecule is CC1=CC(C)(C)C=CC(C)(C)C=C1N(C)N. The van der Waals surface area contributed by atoms with Crippen molar-refractivity contribution in [1.82, 2.24) is 5.01 Å². The minimum absolute atomic E-state index is 0.0375. The van der Waals surface area contributed by atoms with Crippen LogP contribution in [-0.2, 0) is 0 Å². The third kappa shape index (κ3) is 3.24. The van der Waals surface area contributed by atoms with Crippen molar-refractivity contribution in [3.05, 3.63) is 35.6 Å². The average molecular weight is 220 g/mol. The number of nitrogens with two attached hydrogens (primary N) is 1. The van der Waals surface area contributed by atoms with Crippen molar-refractivity contribution in [1.29, 1.82) is 0 Å². The Balaban J connectivity index is 3.32. The Morgan fingerprint density at radius 1 is 1.00 bits per heavy atom. The van der Waals surface area contributed by atoms with E-state index in [4.69, 9.17) is 5.84 Å². The molecule has 0 aromatic heterocycles. The van der Waals surface area contributed by atoms with E-state index in [1.807, 2.05) is 7.05 Å². The van der Waals surface area contributed by atoms with Crippen molar-refractivity contribution in [3.8, 4) is 0 Å². The summed E-state index contributed by atoms with van der Waals surface area (Å²) in [5.74, 6) is 5.89. The van der Waals surface area contributed by atoms with Gasteiger partial charge >= 0.3 is 0 Å². The number of hydrogen-bond donors (Lipinski definition) is 1. The fourth-order valence-electron chi connectivity index (χ4n) is 2.00. The Morgan fingerprint density at radius 2 is 1.44 bits per heavy atom. The molecule has 90 valence electrons. The normalized spacial score (nSPS) is 22.9. The molecule has 0 spiro atoms. The van der Waals surface area contributed by atoms with Gasteiger partial charge in [-0.15, -0.1) is 0 Å². The van der Waals surface area contributed by atoms with Crippen LogP contribution in [0.25, 0.3) is 0 Å². The Kier molecular flexibility index (Phi) is 3.34. The Labute approximate surface area is 99.5 Å². The minimum atomic E-state index is 0.0375. The smallest absolute Gasteiger partial charge is 0.0508 e. The van der Waals surface area contributed by atoms with Crippen LogP contribution in [0.4, 0.5) is 0 Å². The van der Waals surface area contributed by atoms with Crippen molar-refractivity contribution in [2.24, 2.45) is 16.7 Å². The predicted octanol–water partition coefficient (Wildman–Crippen LogP) is 3.24. The van der Waals surface area contributed by atoms with Gasteiger partial charge in [-0.25, -0.2) is 5.84 Å². The molecule has 0 saturated carbocycles. The van der Waals surface area contributed by atoms with E-state index in [0.29, 0.717) is 0 Å². The van der Waals surface area contributed by atoms with Crippen LogP contribution in [0.1, 0.15) is 34.6 Å². The summed E-state index contributed by atoms with van der Waals surface area (Å²) in [6.45, 7) is 10.9. The van der Waals surface area contributed by atoms with Crippen LogP contribution in [0, 0.1) is 10.8 Å². The lowest BCUT2D eigenvalue weighted by Crippen LogP contribution is -2.28. The summed E-state index contributed by atoms with van der Waals surface area (Å²) in [4.78, 5) is 0. The first kappa shape index (κ1) is 13.0. The van der Waals surface area contributed by atoms with Crippen molar-refractivity contribution < 1.29 is 0 Å². The van der Waals surface area contributed by atoms with Crippen LogP contribution in [0.2, 0.25) is 0 Å². The highest BCUT2D eigenvalue weighted by molar-refractivity contribution is 5.35. The molecule has 0 aromatic rings. The third-order valence-electron chi connectivity index (χ3n) is 2.82. The molecule has 0 bridgehead atoms. The van der Waals surface area contributed by atoms with Crippen LogP contribution < -0.4 is 5.84 Å². The average Bonchev–Trinajstić information content (AvgIpc) is 2.09. The standard InChI is InChI=1S/C14H24N2/c1-11-9-13(2,3)7-8-14(4,5)10-12(11)16(6)15/h7-10H,15H2,1-6H3. The first-order valence-electron chi connectivity index (χ1n) is 5.74. The Morgan fingerprint density at radius 3 is 1.88 bits per heavy atom. The summed E-state index contributed by atoms with van der Waals surface area (Å²) in [7, 11) is 1.89. The molecule has 2 heteroatoms. The molecule has 0 saturated heterocycles. The highest BCUT2D eigenvalue weighted by atomic mass is 15.4. The topological polar surface area (TPSA) is 29.3 Å². The summed E-state index contributed by atoms with van der Waals surface area (Å²) >= 11 is 0. The number of hydrogen-bond acceptors (Lipinski definition) is 2. The summed E-state index contributed by atoms with van der Waals surface area (Å²) in [5.41, 5.74) is 2.45. The zero-order chi connectivity index (χ0) is 12.6. The number of hydrazine groups is 1. The van der Waals surface area contributed by atoms with Gasteiger partial charge in [0.2, 0.25) is 0 Å². The van der Waals surface area contributed by atoms with Crippen molar-refractivity contribution in [2.75, 3.05) is 7.05 Å². The zero-order valence-electron chi connectivity index (χ0n) is 11.3. The molecule has 1 aliphatic rings. The summed E-state index contributed by atoms with van der Waals surface area (Å²) in [5, 5.41) is 1.70. The first-order valence-corrected chi connectivity index (χ1v) is 5.74. The minimum Gasteiger partial charge on any atom is -0.314 e. The molecule has 0 unspecified atom stereocenters. The van der Waals surface area contributed by atoms with Crippen molar-refractivity contribution in [2.45, 2.75) is 34.6 Å². The van der Waals surface area contributed by atoms with Gasteiger partial charge in [0.1, 0.15) is 0 Å². The van der Waals surface area contributed by atoms with E-state index < -0.39 is 0 Å².